The molecular formula is C17H19NO. The summed E-state index contributed by atoms with van der Waals surface area (Å²) in [6, 6.07) is 17.7. The molecule has 0 aliphatic carbocycles. The average Bonchev–Trinajstić information content (AvgIpc) is 2.48. The maximum Gasteiger partial charge on any atom is 0.251 e. The molecule has 0 bridgehead atoms. The molecule has 1 atom stereocenters. The summed E-state index contributed by atoms with van der Waals surface area (Å²) in [4.78, 5) is 12.0. The van der Waals surface area contributed by atoms with Gasteiger partial charge in [-0.25, -0.2) is 0 Å². The molecule has 0 heterocycles. The van der Waals surface area contributed by atoms with Crippen molar-refractivity contribution in [3.63, 3.8) is 0 Å². The van der Waals surface area contributed by atoms with Crippen LogP contribution in [0.3, 0.4) is 0 Å². The van der Waals surface area contributed by atoms with Crippen molar-refractivity contribution >= 4 is 5.91 Å². The molecule has 2 aromatic rings. The van der Waals surface area contributed by atoms with Crippen molar-refractivity contribution in [2.75, 3.05) is 0 Å². The van der Waals surface area contributed by atoms with Crippen LogP contribution in [0.2, 0.25) is 0 Å². The number of carbonyl (C=O) groups excluding carboxylic acids is 1. The molecule has 1 N–H and O–H groups in total. The minimum atomic E-state index is -0.0346. The van der Waals surface area contributed by atoms with E-state index in [1.165, 1.54) is 5.56 Å². The number of hydrogen-bond donors (Lipinski definition) is 1. The van der Waals surface area contributed by atoms with Crippen molar-refractivity contribution in [1.82, 2.24) is 5.32 Å². The van der Waals surface area contributed by atoms with Crippen LogP contribution >= 0.6 is 0 Å². The molecule has 0 aromatic heterocycles. The second-order valence-corrected chi connectivity index (χ2v) is 4.66. The van der Waals surface area contributed by atoms with Gasteiger partial charge in [-0.3, -0.25) is 4.79 Å². The van der Waals surface area contributed by atoms with Crippen LogP contribution in [0.5, 0.6) is 0 Å². The Hall–Kier alpha value is -2.09. The molecule has 2 nitrogen and oxygen atoms in total. The monoisotopic (exact) mass is 253 g/mol. The van der Waals surface area contributed by atoms with Crippen LogP contribution in [-0.2, 0) is 6.42 Å². The van der Waals surface area contributed by atoms with Crippen molar-refractivity contribution in [2.45, 2.75) is 26.3 Å². The molecule has 0 saturated heterocycles. The predicted octanol–water partition coefficient (Wildman–Crippen LogP) is 3.74. The van der Waals surface area contributed by atoms with Gasteiger partial charge >= 0.3 is 0 Å². The molecule has 2 rings (SSSR count). The van der Waals surface area contributed by atoms with Crippen LogP contribution in [0.25, 0.3) is 0 Å². The summed E-state index contributed by atoms with van der Waals surface area (Å²) in [5.41, 5.74) is 3.13. The zero-order valence-corrected chi connectivity index (χ0v) is 11.4. The summed E-state index contributed by atoms with van der Waals surface area (Å²) >= 11 is 0. The maximum absolute atomic E-state index is 12.0. The fourth-order valence-corrected chi connectivity index (χ4v) is 1.99. The van der Waals surface area contributed by atoms with E-state index in [4.69, 9.17) is 0 Å². The Kier molecular flexibility index (Phi) is 4.35. The molecule has 0 unspecified atom stereocenters. The van der Waals surface area contributed by atoms with E-state index in [0.717, 1.165) is 12.0 Å². The van der Waals surface area contributed by atoms with Gasteiger partial charge in [0.2, 0.25) is 0 Å². The third-order valence-corrected chi connectivity index (χ3v) is 3.27. The van der Waals surface area contributed by atoms with Gasteiger partial charge in [0.1, 0.15) is 0 Å². The molecule has 0 aliphatic heterocycles. The van der Waals surface area contributed by atoms with E-state index in [9.17, 15) is 4.79 Å². The Morgan fingerprint density at radius 2 is 1.68 bits per heavy atom. The Balaban J connectivity index is 2.04. The highest BCUT2D eigenvalue weighted by atomic mass is 16.1. The predicted molar refractivity (Wildman–Crippen MR) is 78.1 cm³/mol. The average molecular weight is 253 g/mol. The lowest BCUT2D eigenvalue weighted by atomic mass is 10.0. The first-order chi connectivity index (χ1) is 9.20. The van der Waals surface area contributed by atoms with E-state index in [0.29, 0.717) is 5.56 Å². The highest BCUT2D eigenvalue weighted by molar-refractivity contribution is 5.94. The van der Waals surface area contributed by atoms with E-state index in [1.54, 1.807) is 0 Å². The topological polar surface area (TPSA) is 29.1 Å². The van der Waals surface area contributed by atoms with E-state index in [2.05, 4.69) is 36.5 Å². The van der Waals surface area contributed by atoms with Crippen molar-refractivity contribution in [3.05, 3.63) is 71.3 Å². The van der Waals surface area contributed by atoms with Gasteiger partial charge in [-0.1, -0.05) is 49.4 Å². The van der Waals surface area contributed by atoms with Gasteiger partial charge in [0.05, 0.1) is 6.04 Å². The van der Waals surface area contributed by atoms with Crippen LogP contribution in [0, 0.1) is 0 Å². The van der Waals surface area contributed by atoms with Gasteiger partial charge in [-0.2, -0.15) is 0 Å². The summed E-state index contributed by atoms with van der Waals surface area (Å²) in [6.07, 6.45) is 1.03. The number of carbonyl (C=O) groups is 1. The Bertz CT molecular complexity index is 531. The zero-order chi connectivity index (χ0) is 13.7. The number of hydrogen-bond acceptors (Lipinski definition) is 1. The SMILES string of the molecule is CCc1ccc([C@H](C)NC(=O)c2ccccc2)cc1. The molecular weight excluding hydrogens is 234 g/mol. The number of nitrogens with one attached hydrogen (secondary N) is 1. The van der Waals surface area contributed by atoms with E-state index in [-0.39, 0.29) is 11.9 Å². The number of aryl methyl sites for hydroxylation is 1. The standard InChI is InChI=1S/C17H19NO/c1-3-14-9-11-15(12-10-14)13(2)18-17(19)16-7-5-4-6-8-16/h4-13H,3H2,1-2H3,(H,18,19)/t13-/m0/s1. The van der Waals surface area contributed by atoms with E-state index >= 15 is 0 Å². The molecule has 0 radical (unpaired) electrons. The molecule has 2 aromatic carbocycles. The highest BCUT2D eigenvalue weighted by Crippen LogP contribution is 2.14. The second kappa shape index (κ2) is 6.19. The summed E-state index contributed by atoms with van der Waals surface area (Å²) in [5.74, 6) is -0.0346. The van der Waals surface area contributed by atoms with Gasteiger partial charge in [-0.05, 0) is 36.6 Å². The number of amides is 1. The van der Waals surface area contributed by atoms with Gasteiger partial charge in [0.15, 0.2) is 0 Å². The van der Waals surface area contributed by atoms with Crippen LogP contribution < -0.4 is 5.32 Å². The first-order valence-electron chi connectivity index (χ1n) is 6.65. The lowest BCUT2D eigenvalue weighted by molar-refractivity contribution is 0.0940. The summed E-state index contributed by atoms with van der Waals surface area (Å²) in [6.45, 7) is 4.14. The van der Waals surface area contributed by atoms with E-state index in [1.807, 2.05) is 37.3 Å². The Morgan fingerprint density at radius 3 is 2.26 bits per heavy atom. The molecule has 0 aliphatic rings. The molecule has 0 fully saturated rings. The van der Waals surface area contributed by atoms with Crippen molar-refractivity contribution in [1.29, 1.82) is 0 Å². The van der Waals surface area contributed by atoms with Crippen LogP contribution in [0.1, 0.15) is 41.4 Å². The van der Waals surface area contributed by atoms with Crippen LogP contribution in [-0.4, -0.2) is 5.91 Å². The molecule has 0 saturated carbocycles. The van der Waals surface area contributed by atoms with Crippen molar-refractivity contribution in [2.24, 2.45) is 0 Å². The molecule has 98 valence electrons. The molecule has 1 amide bonds. The summed E-state index contributed by atoms with van der Waals surface area (Å²) in [7, 11) is 0. The lowest BCUT2D eigenvalue weighted by Crippen LogP contribution is -2.26. The quantitative estimate of drug-likeness (QED) is 0.883. The highest BCUT2D eigenvalue weighted by Gasteiger charge is 2.10. The lowest BCUT2D eigenvalue weighted by Gasteiger charge is -2.14. The second-order valence-electron chi connectivity index (χ2n) is 4.66. The van der Waals surface area contributed by atoms with Gasteiger partial charge in [-0.15, -0.1) is 0 Å². The van der Waals surface area contributed by atoms with Crippen LogP contribution in [0.15, 0.2) is 54.6 Å². The third kappa shape index (κ3) is 3.44. The van der Waals surface area contributed by atoms with Gasteiger partial charge < -0.3 is 5.32 Å². The smallest absolute Gasteiger partial charge is 0.251 e. The molecule has 2 heteroatoms. The van der Waals surface area contributed by atoms with E-state index < -0.39 is 0 Å². The zero-order valence-electron chi connectivity index (χ0n) is 11.4. The maximum atomic E-state index is 12.0. The largest absolute Gasteiger partial charge is 0.346 e. The van der Waals surface area contributed by atoms with Gasteiger partial charge in [0.25, 0.3) is 5.91 Å². The summed E-state index contributed by atoms with van der Waals surface area (Å²) in [5, 5.41) is 3.01. The van der Waals surface area contributed by atoms with Crippen molar-refractivity contribution in [3.8, 4) is 0 Å². The minimum absolute atomic E-state index is 0.0126. The fraction of sp³-hybridized carbons (Fsp3) is 0.235. The van der Waals surface area contributed by atoms with Gasteiger partial charge in [0, 0.05) is 5.56 Å². The normalized spacial score (nSPS) is 11.9. The minimum Gasteiger partial charge on any atom is -0.346 e. The number of benzene rings is 2. The number of rotatable bonds is 4. The Labute approximate surface area is 114 Å². The summed E-state index contributed by atoms with van der Waals surface area (Å²) < 4.78 is 0. The first kappa shape index (κ1) is 13.3. The van der Waals surface area contributed by atoms with Crippen molar-refractivity contribution < 1.29 is 4.79 Å². The third-order valence-electron chi connectivity index (χ3n) is 3.27. The van der Waals surface area contributed by atoms with Crippen LogP contribution in [0.4, 0.5) is 0 Å². The molecule has 19 heavy (non-hydrogen) atoms. The fourth-order valence-electron chi connectivity index (χ4n) is 1.99. The first-order valence-corrected chi connectivity index (χ1v) is 6.65. The Morgan fingerprint density at radius 1 is 1.05 bits per heavy atom. The molecule has 0 spiro atoms.